The van der Waals surface area contributed by atoms with Gasteiger partial charge >= 0.3 is 0 Å². The molecule has 0 aromatic heterocycles. The minimum atomic E-state index is 0.810. The highest BCUT2D eigenvalue weighted by Gasteiger charge is 1.92. The van der Waals surface area contributed by atoms with Gasteiger partial charge in [-0.05, 0) is 49.3 Å². The predicted molar refractivity (Wildman–Crippen MR) is 91.2 cm³/mol. The smallest absolute Gasteiger partial charge is 0.0593 e. The van der Waals surface area contributed by atoms with E-state index >= 15 is 0 Å². The van der Waals surface area contributed by atoms with Crippen molar-refractivity contribution in [1.82, 2.24) is 20.0 Å². The maximum absolute atomic E-state index is 5.37. The first-order chi connectivity index (χ1) is 9.90. The Morgan fingerprint density at radius 3 is 1.24 bits per heavy atom. The van der Waals surface area contributed by atoms with Crippen LogP contribution in [0.3, 0.4) is 0 Å². The fourth-order valence-corrected chi connectivity index (χ4v) is 1.12. The van der Waals surface area contributed by atoms with Crippen LogP contribution in [0.15, 0.2) is 0 Å². The molecule has 0 heterocycles. The van der Waals surface area contributed by atoms with Gasteiger partial charge in [0.1, 0.15) is 0 Å². The third-order valence-corrected chi connectivity index (χ3v) is 2.54. The van der Waals surface area contributed by atoms with Crippen molar-refractivity contribution in [2.24, 2.45) is 0 Å². The Balaban J connectivity index is 0. The monoisotopic (exact) mass is 306 g/mol. The number of rotatable bonds is 12. The van der Waals surface area contributed by atoms with Gasteiger partial charge in [0.25, 0.3) is 0 Å². The van der Waals surface area contributed by atoms with Crippen molar-refractivity contribution in [3.8, 4) is 0 Å². The van der Waals surface area contributed by atoms with Gasteiger partial charge in [-0.3, -0.25) is 0 Å². The number of nitrogens with one attached hydrogen (secondary N) is 1. The Bertz CT molecular complexity index is 181. The third kappa shape index (κ3) is 28.6. The van der Waals surface area contributed by atoms with Crippen molar-refractivity contribution in [3.05, 3.63) is 0 Å². The Hall–Kier alpha value is -0.240. The molecule has 0 unspecified atom stereocenters. The zero-order valence-electron chi connectivity index (χ0n) is 15.3. The minimum absolute atomic E-state index is 0.810. The van der Waals surface area contributed by atoms with Crippen LogP contribution in [-0.2, 0) is 9.47 Å². The second kappa shape index (κ2) is 17.8. The maximum atomic E-state index is 5.37. The lowest BCUT2D eigenvalue weighted by Crippen LogP contribution is -2.22. The summed E-state index contributed by atoms with van der Waals surface area (Å²) in [6, 6.07) is 0. The van der Waals surface area contributed by atoms with E-state index in [2.05, 4.69) is 48.2 Å². The first kappa shape index (κ1) is 23.0. The molecule has 0 rings (SSSR count). The van der Waals surface area contributed by atoms with Gasteiger partial charge in [-0.2, -0.15) is 0 Å². The predicted octanol–water partition coefficient (Wildman–Crippen LogP) is -0.0898. The average Bonchev–Trinajstić information content (AvgIpc) is 2.38. The Morgan fingerprint density at radius 1 is 0.619 bits per heavy atom. The fourth-order valence-electron chi connectivity index (χ4n) is 1.12. The molecule has 0 fully saturated rings. The highest BCUT2D eigenvalue weighted by molar-refractivity contribution is 4.43. The molecular formula is C15H38N4O2. The first-order valence-electron chi connectivity index (χ1n) is 7.64. The molecule has 0 atom stereocenters. The van der Waals surface area contributed by atoms with Crippen LogP contribution in [0, 0.1) is 0 Å². The van der Waals surface area contributed by atoms with Crippen LogP contribution < -0.4 is 5.32 Å². The second-order valence-electron chi connectivity index (χ2n) is 5.74. The van der Waals surface area contributed by atoms with Gasteiger partial charge in [0, 0.05) is 26.2 Å². The number of nitrogens with zero attached hydrogens (tertiary/aromatic N) is 3. The van der Waals surface area contributed by atoms with Gasteiger partial charge in [0.15, 0.2) is 0 Å². The van der Waals surface area contributed by atoms with Gasteiger partial charge in [-0.15, -0.1) is 0 Å². The first-order valence-corrected chi connectivity index (χ1v) is 7.64. The van der Waals surface area contributed by atoms with E-state index in [4.69, 9.17) is 9.47 Å². The normalized spacial score (nSPS) is 11.1. The number of hydrogen-bond acceptors (Lipinski definition) is 6. The van der Waals surface area contributed by atoms with Crippen molar-refractivity contribution in [2.75, 3.05) is 102 Å². The molecule has 0 amide bonds. The van der Waals surface area contributed by atoms with Gasteiger partial charge in [0.2, 0.25) is 0 Å². The lowest BCUT2D eigenvalue weighted by Gasteiger charge is -2.12. The Kier molecular flexibility index (Phi) is 19.5. The molecule has 130 valence electrons. The van der Waals surface area contributed by atoms with E-state index in [1.807, 2.05) is 21.1 Å². The molecule has 0 radical (unpaired) electrons. The van der Waals surface area contributed by atoms with Crippen LogP contribution in [0.4, 0.5) is 0 Å². The van der Waals surface area contributed by atoms with E-state index < -0.39 is 0 Å². The summed E-state index contributed by atoms with van der Waals surface area (Å²) in [5, 5.41) is 3.02. The van der Waals surface area contributed by atoms with Gasteiger partial charge < -0.3 is 29.5 Å². The van der Waals surface area contributed by atoms with E-state index in [9.17, 15) is 0 Å². The van der Waals surface area contributed by atoms with Crippen molar-refractivity contribution < 1.29 is 9.47 Å². The summed E-state index contributed by atoms with van der Waals surface area (Å²) >= 11 is 0. The highest BCUT2D eigenvalue weighted by atomic mass is 16.5. The SMILES string of the molecule is CN(C)CCOCCN(C)C.CNCCOCCN(C)C. The summed E-state index contributed by atoms with van der Waals surface area (Å²) < 4.78 is 10.7. The molecule has 0 saturated heterocycles. The molecule has 0 spiro atoms. The van der Waals surface area contributed by atoms with E-state index in [1.54, 1.807) is 0 Å². The quantitative estimate of drug-likeness (QED) is 0.508. The average molecular weight is 306 g/mol. The second-order valence-corrected chi connectivity index (χ2v) is 5.74. The summed E-state index contributed by atoms with van der Waals surface area (Å²) in [4.78, 5) is 6.35. The molecule has 0 aromatic rings. The molecule has 0 aromatic carbocycles. The maximum Gasteiger partial charge on any atom is 0.0593 e. The zero-order valence-corrected chi connectivity index (χ0v) is 15.3. The Morgan fingerprint density at radius 2 is 0.952 bits per heavy atom. The van der Waals surface area contributed by atoms with Crippen molar-refractivity contribution >= 4 is 0 Å². The molecule has 0 saturated carbocycles. The molecular weight excluding hydrogens is 268 g/mol. The van der Waals surface area contributed by atoms with Crippen LogP contribution in [0.2, 0.25) is 0 Å². The minimum Gasteiger partial charge on any atom is -0.379 e. The van der Waals surface area contributed by atoms with Crippen LogP contribution in [-0.4, -0.2) is 117 Å². The summed E-state index contributed by atoms with van der Waals surface area (Å²) in [5.74, 6) is 0. The van der Waals surface area contributed by atoms with E-state index in [-0.39, 0.29) is 0 Å². The summed E-state index contributed by atoms with van der Waals surface area (Å²) in [7, 11) is 14.2. The van der Waals surface area contributed by atoms with Gasteiger partial charge in [-0.25, -0.2) is 0 Å². The molecule has 6 nitrogen and oxygen atoms in total. The summed E-state index contributed by atoms with van der Waals surface area (Å²) in [6.45, 7) is 7.26. The van der Waals surface area contributed by atoms with Crippen LogP contribution in [0.5, 0.6) is 0 Å². The van der Waals surface area contributed by atoms with Crippen molar-refractivity contribution in [1.29, 1.82) is 0 Å². The van der Waals surface area contributed by atoms with Gasteiger partial charge in [0.05, 0.1) is 26.4 Å². The topological polar surface area (TPSA) is 40.2 Å². The largest absolute Gasteiger partial charge is 0.379 e. The summed E-state index contributed by atoms with van der Waals surface area (Å²) in [5.41, 5.74) is 0. The van der Waals surface area contributed by atoms with Crippen molar-refractivity contribution in [3.63, 3.8) is 0 Å². The molecule has 0 aliphatic rings. The molecule has 0 aliphatic carbocycles. The highest BCUT2D eigenvalue weighted by Crippen LogP contribution is 1.80. The molecule has 1 N–H and O–H groups in total. The molecule has 0 bridgehead atoms. The summed E-state index contributed by atoms with van der Waals surface area (Å²) in [6.07, 6.45) is 0. The molecule has 6 heteroatoms. The number of ether oxygens (including phenoxy) is 2. The van der Waals surface area contributed by atoms with Crippen molar-refractivity contribution in [2.45, 2.75) is 0 Å². The Labute approximate surface area is 132 Å². The fraction of sp³-hybridized carbons (Fsp3) is 1.00. The lowest BCUT2D eigenvalue weighted by atomic mass is 10.6. The zero-order chi connectivity index (χ0) is 16.5. The van der Waals surface area contributed by atoms with E-state index in [0.717, 1.165) is 52.6 Å². The molecule has 21 heavy (non-hydrogen) atoms. The van der Waals surface area contributed by atoms with Crippen LogP contribution in [0.1, 0.15) is 0 Å². The van der Waals surface area contributed by atoms with E-state index in [1.165, 1.54) is 0 Å². The van der Waals surface area contributed by atoms with Crippen LogP contribution >= 0.6 is 0 Å². The van der Waals surface area contributed by atoms with E-state index in [0.29, 0.717) is 0 Å². The number of hydrogen-bond donors (Lipinski definition) is 1. The van der Waals surface area contributed by atoms with Crippen LogP contribution in [0.25, 0.3) is 0 Å². The molecule has 0 aliphatic heterocycles. The number of likely N-dealkylation sites (N-methyl/N-ethyl adjacent to an activating group) is 4. The standard InChI is InChI=1S/C8H20N2O.C7H18N2O/c1-9(2)5-7-11-8-6-10(3)4;1-8-4-6-10-7-5-9(2)3/h5-8H2,1-4H3;8H,4-7H2,1-3H3. The van der Waals surface area contributed by atoms with Gasteiger partial charge in [-0.1, -0.05) is 0 Å². The third-order valence-electron chi connectivity index (χ3n) is 2.54. The lowest BCUT2D eigenvalue weighted by molar-refractivity contribution is 0.104.